The Labute approximate surface area is 114 Å². The maximum absolute atomic E-state index is 11.2. The Hall–Kier alpha value is -1.68. The zero-order chi connectivity index (χ0) is 12.8. The number of hydrogen-bond acceptors (Lipinski definition) is 2. The molecule has 1 aromatic heterocycles. The molecule has 0 spiro atoms. The molecule has 2 rings (SSSR count). The zero-order valence-electron chi connectivity index (χ0n) is 9.77. The third-order valence-corrected chi connectivity index (χ3v) is 3.03. The van der Waals surface area contributed by atoms with Crippen LogP contribution in [0.3, 0.4) is 0 Å². The van der Waals surface area contributed by atoms with Crippen molar-refractivity contribution in [1.29, 1.82) is 0 Å². The van der Waals surface area contributed by atoms with Gasteiger partial charge in [-0.1, -0.05) is 28.1 Å². The van der Waals surface area contributed by atoms with Crippen molar-refractivity contribution < 1.29 is 4.79 Å². The Bertz CT molecular complexity index is 511. The summed E-state index contributed by atoms with van der Waals surface area (Å²) in [5.74, 6) is -0.0446. The van der Waals surface area contributed by atoms with Gasteiger partial charge in [-0.15, -0.1) is 0 Å². The minimum absolute atomic E-state index is 0.0446. The van der Waals surface area contributed by atoms with Crippen LogP contribution >= 0.6 is 15.9 Å². The quantitative estimate of drug-likeness (QED) is 0.882. The second-order valence-electron chi connectivity index (χ2n) is 3.91. The van der Waals surface area contributed by atoms with Crippen molar-refractivity contribution in [1.82, 2.24) is 4.98 Å². The van der Waals surface area contributed by atoms with Crippen molar-refractivity contribution >= 4 is 27.5 Å². The van der Waals surface area contributed by atoms with Crippen molar-refractivity contribution in [2.45, 2.75) is 6.42 Å². The van der Waals surface area contributed by atoms with Crippen LogP contribution in [0.2, 0.25) is 0 Å². The first kappa shape index (κ1) is 12.8. The molecule has 0 saturated carbocycles. The molecule has 1 aromatic carbocycles. The molecule has 0 unspecified atom stereocenters. The van der Waals surface area contributed by atoms with Gasteiger partial charge < -0.3 is 5.32 Å². The summed E-state index contributed by atoms with van der Waals surface area (Å²) < 4.78 is 0. The van der Waals surface area contributed by atoms with Crippen LogP contribution in [0.1, 0.15) is 11.1 Å². The number of nitrogens with one attached hydrogen (secondary N) is 1. The van der Waals surface area contributed by atoms with Crippen molar-refractivity contribution in [3.8, 4) is 0 Å². The molecule has 2 aromatic rings. The summed E-state index contributed by atoms with van der Waals surface area (Å²) in [5.41, 5.74) is 3.25. The van der Waals surface area contributed by atoms with Gasteiger partial charge in [0.2, 0.25) is 5.91 Å². The van der Waals surface area contributed by atoms with Crippen LogP contribution in [0.15, 0.2) is 48.8 Å². The molecule has 0 bridgehead atoms. The first-order valence-corrected chi connectivity index (χ1v) is 6.74. The monoisotopic (exact) mass is 304 g/mol. The number of hydrogen-bond donors (Lipinski definition) is 1. The van der Waals surface area contributed by atoms with E-state index in [2.05, 4.69) is 26.2 Å². The smallest absolute Gasteiger partial charge is 0.235 e. The van der Waals surface area contributed by atoms with Crippen LogP contribution in [0.4, 0.5) is 5.69 Å². The predicted octanol–water partition coefficient (Wildman–Crippen LogP) is 3.01. The van der Waals surface area contributed by atoms with Crippen molar-refractivity contribution in [2.75, 3.05) is 10.6 Å². The van der Waals surface area contributed by atoms with Crippen LogP contribution in [0.5, 0.6) is 0 Å². The fraction of sp³-hybridized carbons (Fsp3) is 0.143. The lowest BCUT2D eigenvalue weighted by atomic mass is 10.1. The van der Waals surface area contributed by atoms with E-state index in [4.69, 9.17) is 0 Å². The average Bonchev–Trinajstić information content (AvgIpc) is 2.42. The molecular weight excluding hydrogens is 292 g/mol. The van der Waals surface area contributed by atoms with E-state index >= 15 is 0 Å². The van der Waals surface area contributed by atoms with Gasteiger partial charge in [-0.3, -0.25) is 9.78 Å². The number of nitrogens with zero attached hydrogens (tertiary/aromatic N) is 1. The highest BCUT2D eigenvalue weighted by Gasteiger charge is 2.00. The van der Waals surface area contributed by atoms with Gasteiger partial charge in [-0.05, 0) is 41.8 Å². The Morgan fingerprint density at radius 1 is 1.06 bits per heavy atom. The van der Waals surface area contributed by atoms with E-state index < -0.39 is 0 Å². The van der Waals surface area contributed by atoms with E-state index in [1.807, 2.05) is 36.4 Å². The molecule has 3 nitrogen and oxygen atoms in total. The molecule has 0 aliphatic heterocycles. The summed E-state index contributed by atoms with van der Waals surface area (Å²) in [7, 11) is 0. The average molecular weight is 305 g/mol. The minimum atomic E-state index is -0.0446. The molecule has 0 atom stereocenters. The summed E-state index contributed by atoms with van der Waals surface area (Å²) in [6.07, 6.45) is 4.45. The normalized spacial score (nSPS) is 10.1. The topological polar surface area (TPSA) is 42.0 Å². The van der Waals surface area contributed by atoms with Gasteiger partial charge in [-0.25, -0.2) is 0 Å². The summed E-state index contributed by atoms with van der Waals surface area (Å²) in [5, 5.41) is 3.10. The molecule has 0 aliphatic rings. The molecule has 0 radical (unpaired) electrons. The van der Waals surface area contributed by atoms with Gasteiger partial charge in [-0.2, -0.15) is 0 Å². The molecule has 1 heterocycles. The number of alkyl halides is 1. The molecule has 0 saturated heterocycles. The molecule has 18 heavy (non-hydrogen) atoms. The van der Waals surface area contributed by atoms with Gasteiger partial charge in [0.15, 0.2) is 0 Å². The Balaban J connectivity index is 2.02. The summed E-state index contributed by atoms with van der Waals surface area (Å²) in [4.78, 5) is 15.2. The van der Waals surface area contributed by atoms with Crippen molar-refractivity contribution in [3.05, 3.63) is 59.9 Å². The second kappa shape index (κ2) is 6.31. The number of halogens is 1. The van der Waals surface area contributed by atoms with E-state index in [1.165, 1.54) is 11.1 Å². The van der Waals surface area contributed by atoms with Gasteiger partial charge >= 0.3 is 0 Å². The molecule has 1 amide bonds. The molecule has 1 N–H and O–H groups in total. The van der Waals surface area contributed by atoms with Gasteiger partial charge in [0.25, 0.3) is 0 Å². The van der Waals surface area contributed by atoms with Crippen LogP contribution in [0.25, 0.3) is 0 Å². The van der Waals surface area contributed by atoms with Gasteiger partial charge in [0, 0.05) is 18.1 Å². The lowest BCUT2D eigenvalue weighted by molar-refractivity contribution is -0.113. The molecule has 0 aliphatic carbocycles. The third-order valence-electron chi connectivity index (χ3n) is 2.52. The maximum atomic E-state index is 11.2. The Kier molecular flexibility index (Phi) is 4.47. The number of carbonyl (C=O) groups excluding carboxylic acids is 1. The zero-order valence-corrected chi connectivity index (χ0v) is 11.4. The van der Waals surface area contributed by atoms with Crippen LogP contribution in [0, 0.1) is 0 Å². The molecule has 4 heteroatoms. The Morgan fingerprint density at radius 3 is 2.28 bits per heavy atom. The number of benzene rings is 1. The van der Waals surface area contributed by atoms with Gasteiger partial charge in [0.05, 0.1) is 5.33 Å². The Morgan fingerprint density at radius 2 is 1.67 bits per heavy atom. The molecule has 92 valence electrons. The first-order chi connectivity index (χ1) is 8.78. The van der Waals surface area contributed by atoms with E-state index in [9.17, 15) is 4.79 Å². The predicted molar refractivity (Wildman–Crippen MR) is 75.9 cm³/mol. The van der Waals surface area contributed by atoms with Crippen molar-refractivity contribution in [2.24, 2.45) is 0 Å². The van der Waals surface area contributed by atoms with Gasteiger partial charge in [0.1, 0.15) is 0 Å². The second-order valence-corrected chi connectivity index (χ2v) is 4.47. The van der Waals surface area contributed by atoms with Crippen LogP contribution in [-0.2, 0) is 11.2 Å². The highest BCUT2D eigenvalue weighted by molar-refractivity contribution is 9.09. The van der Waals surface area contributed by atoms with Crippen LogP contribution in [-0.4, -0.2) is 16.2 Å². The molecule has 0 fully saturated rings. The van der Waals surface area contributed by atoms with E-state index in [-0.39, 0.29) is 5.91 Å². The largest absolute Gasteiger partial charge is 0.325 e. The highest BCUT2D eigenvalue weighted by atomic mass is 79.9. The molecular formula is C14H13BrN2O. The third kappa shape index (κ3) is 3.67. The van der Waals surface area contributed by atoms with Crippen molar-refractivity contribution in [3.63, 3.8) is 0 Å². The van der Waals surface area contributed by atoms with E-state index in [1.54, 1.807) is 12.4 Å². The van der Waals surface area contributed by atoms with Crippen LogP contribution < -0.4 is 5.32 Å². The maximum Gasteiger partial charge on any atom is 0.235 e. The summed E-state index contributed by atoms with van der Waals surface area (Å²) in [6.45, 7) is 0. The highest BCUT2D eigenvalue weighted by Crippen LogP contribution is 2.13. The standard InChI is InChI=1S/C14H13BrN2O/c15-10-14(18)17-13-3-1-11(2-4-13)9-12-5-7-16-8-6-12/h1-8H,9-10H2,(H,17,18). The van der Waals surface area contributed by atoms with E-state index in [0.717, 1.165) is 12.1 Å². The number of rotatable bonds is 4. The SMILES string of the molecule is O=C(CBr)Nc1ccc(Cc2ccncc2)cc1. The summed E-state index contributed by atoms with van der Waals surface area (Å²) >= 11 is 3.11. The summed E-state index contributed by atoms with van der Waals surface area (Å²) in [6, 6.07) is 11.9. The fourth-order valence-corrected chi connectivity index (χ4v) is 1.78. The van der Waals surface area contributed by atoms with E-state index in [0.29, 0.717) is 5.33 Å². The number of carbonyl (C=O) groups is 1. The lowest BCUT2D eigenvalue weighted by Gasteiger charge is -2.05. The number of anilines is 1. The number of pyridine rings is 1. The minimum Gasteiger partial charge on any atom is -0.325 e. The first-order valence-electron chi connectivity index (χ1n) is 5.61. The number of amides is 1. The number of aromatic nitrogens is 1. The lowest BCUT2D eigenvalue weighted by Crippen LogP contribution is -2.12. The fourth-order valence-electron chi connectivity index (χ4n) is 1.64.